The number of carbonyl (C=O) groups is 1. The van der Waals surface area contributed by atoms with Gasteiger partial charge in [-0.15, -0.1) is 0 Å². The van der Waals surface area contributed by atoms with Crippen LogP contribution in [0.15, 0.2) is 34.9 Å². The Labute approximate surface area is 180 Å². The fourth-order valence-electron chi connectivity index (χ4n) is 5.65. The topological polar surface area (TPSA) is 55.8 Å². The molecule has 5 heteroatoms. The van der Waals surface area contributed by atoms with Crippen LogP contribution in [0.1, 0.15) is 51.9 Å². The summed E-state index contributed by atoms with van der Waals surface area (Å²) in [6.07, 6.45) is 15.6. The van der Waals surface area contributed by atoms with Gasteiger partial charge in [-0.2, -0.15) is 0 Å². The first-order chi connectivity index (χ1) is 13.9. The van der Waals surface area contributed by atoms with E-state index in [4.69, 9.17) is 26.2 Å². The van der Waals surface area contributed by atoms with Gasteiger partial charge in [0.2, 0.25) is 0 Å². The van der Waals surface area contributed by atoms with Crippen molar-refractivity contribution in [2.45, 2.75) is 64.1 Å². The molecule has 0 aromatic rings. The van der Waals surface area contributed by atoms with Crippen molar-refractivity contribution in [3.05, 3.63) is 34.9 Å². The van der Waals surface area contributed by atoms with E-state index in [9.17, 15) is 4.79 Å². The molecule has 0 aromatic carbocycles. The van der Waals surface area contributed by atoms with E-state index in [2.05, 4.69) is 31.2 Å². The number of methoxy groups -OCH3 is 2. The highest BCUT2D eigenvalue weighted by atomic mass is 35.5. The third kappa shape index (κ3) is 5.53. The summed E-state index contributed by atoms with van der Waals surface area (Å²) in [5.74, 6) is 1.58. The van der Waals surface area contributed by atoms with Crippen LogP contribution >= 0.6 is 11.6 Å². The van der Waals surface area contributed by atoms with Crippen molar-refractivity contribution >= 4 is 17.6 Å². The van der Waals surface area contributed by atoms with Crippen LogP contribution in [0.25, 0.3) is 0 Å². The highest BCUT2D eigenvalue weighted by Crippen LogP contribution is 2.45. The second-order valence-electron chi connectivity index (χ2n) is 8.94. The molecule has 29 heavy (non-hydrogen) atoms. The van der Waals surface area contributed by atoms with Gasteiger partial charge in [0.05, 0.1) is 12.2 Å². The van der Waals surface area contributed by atoms with Crippen molar-refractivity contribution in [1.82, 2.24) is 0 Å². The maximum atomic E-state index is 11.1. The van der Waals surface area contributed by atoms with Gasteiger partial charge in [-0.05, 0) is 75.0 Å². The Morgan fingerprint density at radius 1 is 1.10 bits per heavy atom. The van der Waals surface area contributed by atoms with E-state index >= 15 is 0 Å². The monoisotopic (exact) mass is 422 g/mol. The molecule has 7 atom stereocenters. The van der Waals surface area contributed by atoms with Crippen molar-refractivity contribution in [1.29, 1.82) is 0 Å². The number of aliphatic carboxylic acids is 1. The van der Waals surface area contributed by atoms with E-state index in [-0.39, 0.29) is 18.6 Å². The summed E-state index contributed by atoms with van der Waals surface area (Å²) >= 11 is 6.45. The van der Waals surface area contributed by atoms with Gasteiger partial charge in [0.25, 0.3) is 0 Å². The Kier molecular flexibility index (Phi) is 8.00. The van der Waals surface area contributed by atoms with Crippen molar-refractivity contribution in [3.63, 3.8) is 0 Å². The maximum absolute atomic E-state index is 11.1. The molecule has 0 fully saturated rings. The quantitative estimate of drug-likeness (QED) is 0.544. The Balaban J connectivity index is 1.71. The first kappa shape index (κ1) is 22.6. The molecule has 0 amide bonds. The van der Waals surface area contributed by atoms with Crippen molar-refractivity contribution in [2.24, 2.45) is 29.6 Å². The number of hydrogen-bond donors (Lipinski definition) is 1. The summed E-state index contributed by atoms with van der Waals surface area (Å²) in [4.78, 5) is 11.1. The number of allylic oxidation sites excluding steroid dienone is 4. The molecular formula is C24H35ClO4. The lowest BCUT2D eigenvalue weighted by atomic mass is 9.66. The summed E-state index contributed by atoms with van der Waals surface area (Å²) in [7, 11) is 3.46. The maximum Gasteiger partial charge on any atom is 0.303 e. The van der Waals surface area contributed by atoms with Crippen LogP contribution in [0.2, 0.25) is 0 Å². The Morgan fingerprint density at radius 2 is 1.86 bits per heavy atom. The molecule has 0 aromatic heterocycles. The lowest BCUT2D eigenvalue weighted by Crippen LogP contribution is -2.32. The molecule has 0 radical (unpaired) electrons. The average Bonchev–Trinajstić information content (AvgIpc) is 2.71. The first-order valence-corrected chi connectivity index (χ1v) is 11.3. The predicted molar refractivity (Wildman–Crippen MR) is 116 cm³/mol. The lowest BCUT2D eigenvalue weighted by molar-refractivity contribution is -0.137. The van der Waals surface area contributed by atoms with Crippen LogP contribution < -0.4 is 0 Å². The molecule has 0 saturated carbocycles. The zero-order chi connectivity index (χ0) is 21.0. The van der Waals surface area contributed by atoms with Crippen LogP contribution in [0, 0.1) is 29.6 Å². The number of carboxylic acid groups (broad SMARTS) is 1. The zero-order valence-corrected chi connectivity index (χ0v) is 18.6. The van der Waals surface area contributed by atoms with Crippen LogP contribution in [0.3, 0.4) is 0 Å². The molecule has 3 rings (SSSR count). The highest BCUT2D eigenvalue weighted by molar-refractivity contribution is 6.30. The SMILES string of the molecule is COC1C=CC(C2C=C(C)C(C3C=C(Cl)C(OC)CC3)CC2)C(CCC(=O)O)C1. The van der Waals surface area contributed by atoms with Crippen LogP contribution in [0.5, 0.6) is 0 Å². The van der Waals surface area contributed by atoms with E-state index in [1.54, 1.807) is 14.2 Å². The summed E-state index contributed by atoms with van der Waals surface area (Å²) in [6.45, 7) is 2.26. The van der Waals surface area contributed by atoms with Gasteiger partial charge in [-0.3, -0.25) is 4.79 Å². The molecule has 3 aliphatic carbocycles. The minimum atomic E-state index is -0.710. The lowest BCUT2D eigenvalue weighted by Gasteiger charge is -2.40. The van der Waals surface area contributed by atoms with Crippen molar-refractivity contribution < 1.29 is 19.4 Å². The summed E-state index contributed by atoms with van der Waals surface area (Å²) < 4.78 is 11.0. The van der Waals surface area contributed by atoms with Gasteiger partial charge in [0, 0.05) is 25.7 Å². The molecular weight excluding hydrogens is 388 g/mol. The molecule has 0 saturated heterocycles. The number of hydrogen-bond acceptors (Lipinski definition) is 3. The second-order valence-corrected chi connectivity index (χ2v) is 9.38. The molecule has 162 valence electrons. The third-order valence-corrected chi connectivity index (χ3v) is 7.64. The standard InChI is InChI=1S/C24H35ClO4/c1-15-12-16(4-8-20(15)18-5-10-23(29-3)22(25)14-18)21-9-7-19(28-2)13-17(21)6-11-24(26)27/h7,9,12,14,16-21,23H,4-6,8,10-11,13H2,1-3H3,(H,26,27). The van der Waals surface area contributed by atoms with Crippen LogP contribution in [0.4, 0.5) is 0 Å². The molecule has 0 aliphatic heterocycles. The fourth-order valence-corrected chi connectivity index (χ4v) is 6.01. The minimum Gasteiger partial charge on any atom is -0.481 e. The Hall–Kier alpha value is -1.10. The first-order valence-electron chi connectivity index (χ1n) is 10.9. The van der Waals surface area contributed by atoms with Gasteiger partial charge in [-0.25, -0.2) is 0 Å². The van der Waals surface area contributed by atoms with Crippen LogP contribution in [-0.4, -0.2) is 37.5 Å². The molecule has 4 nitrogen and oxygen atoms in total. The summed E-state index contributed by atoms with van der Waals surface area (Å²) in [5.41, 5.74) is 1.46. The predicted octanol–water partition coefficient (Wildman–Crippen LogP) is 5.58. The molecule has 0 bridgehead atoms. The van der Waals surface area contributed by atoms with E-state index < -0.39 is 5.97 Å². The van der Waals surface area contributed by atoms with Gasteiger partial charge >= 0.3 is 5.97 Å². The minimum absolute atomic E-state index is 0.0599. The number of rotatable bonds is 7. The number of halogens is 1. The number of ether oxygens (including phenoxy) is 2. The second kappa shape index (κ2) is 10.3. The van der Waals surface area contributed by atoms with Crippen molar-refractivity contribution in [2.75, 3.05) is 14.2 Å². The smallest absolute Gasteiger partial charge is 0.303 e. The van der Waals surface area contributed by atoms with Gasteiger partial charge in [0.1, 0.15) is 0 Å². The van der Waals surface area contributed by atoms with E-state index in [1.807, 2.05) is 0 Å². The largest absolute Gasteiger partial charge is 0.481 e. The Bertz CT molecular complexity index is 668. The van der Waals surface area contributed by atoms with Gasteiger partial charge in [0.15, 0.2) is 0 Å². The molecule has 1 N–H and O–H groups in total. The molecule has 0 spiro atoms. The fraction of sp³-hybridized carbons (Fsp3) is 0.708. The normalized spacial score (nSPS) is 37.7. The average molecular weight is 423 g/mol. The third-order valence-electron chi connectivity index (χ3n) is 7.27. The molecule has 7 unspecified atom stereocenters. The van der Waals surface area contributed by atoms with Crippen LogP contribution in [-0.2, 0) is 14.3 Å². The van der Waals surface area contributed by atoms with Gasteiger partial charge < -0.3 is 14.6 Å². The number of carboxylic acids is 1. The summed E-state index contributed by atoms with van der Waals surface area (Å²) in [5, 5.41) is 10.0. The van der Waals surface area contributed by atoms with Gasteiger partial charge in [-0.1, -0.05) is 41.5 Å². The highest BCUT2D eigenvalue weighted by Gasteiger charge is 2.36. The van der Waals surface area contributed by atoms with Crippen molar-refractivity contribution in [3.8, 4) is 0 Å². The van der Waals surface area contributed by atoms with E-state index in [0.717, 1.165) is 37.1 Å². The summed E-state index contributed by atoms with van der Waals surface area (Å²) in [6, 6.07) is 0. The molecule has 3 aliphatic rings. The Morgan fingerprint density at radius 3 is 2.48 bits per heavy atom. The van der Waals surface area contributed by atoms with E-state index in [1.165, 1.54) is 12.0 Å². The zero-order valence-electron chi connectivity index (χ0n) is 17.9. The van der Waals surface area contributed by atoms with E-state index in [0.29, 0.717) is 29.6 Å². The molecule has 0 heterocycles.